The molecule has 0 bridgehead atoms. The summed E-state index contributed by atoms with van der Waals surface area (Å²) in [5, 5.41) is 9.72. The van der Waals surface area contributed by atoms with E-state index in [1.807, 2.05) is 0 Å². The number of aromatic amines is 1. The van der Waals surface area contributed by atoms with Gasteiger partial charge < -0.3 is 11.1 Å². The highest BCUT2D eigenvalue weighted by atomic mass is 79.9. The van der Waals surface area contributed by atoms with E-state index in [2.05, 4.69) is 36.4 Å². The number of rotatable bonds is 5. The van der Waals surface area contributed by atoms with Gasteiger partial charge in [-0.1, -0.05) is 0 Å². The Hall–Kier alpha value is -1.63. The van der Waals surface area contributed by atoms with Crippen LogP contribution < -0.4 is 11.1 Å². The molecule has 0 fully saturated rings. The zero-order chi connectivity index (χ0) is 13.0. The van der Waals surface area contributed by atoms with Gasteiger partial charge in [-0.15, -0.1) is 0 Å². The van der Waals surface area contributed by atoms with Crippen LogP contribution in [0.25, 0.3) is 0 Å². The molecule has 96 valence electrons. The summed E-state index contributed by atoms with van der Waals surface area (Å²) < 4.78 is 13.6. The van der Waals surface area contributed by atoms with Crippen molar-refractivity contribution in [3.05, 3.63) is 34.6 Å². The molecule has 7 heteroatoms. The first-order chi connectivity index (χ1) is 8.66. The summed E-state index contributed by atoms with van der Waals surface area (Å²) in [6.45, 7) is 0.725. The van der Waals surface area contributed by atoms with Crippen molar-refractivity contribution in [2.75, 3.05) is 17.6 Å². The van der Waals surface area contributed by atoms with Crippen molar-refractivity contribution in [2.24, 2.45) is 0 Å². The minimum Gasteiger partial charge on any atom is -0.397 e. The van der Waals surface area contributed by atoms with Crippen molar-refractivity contribution >= 4 is 27.3 Å². The number of nitrogens with two attached hydrogens (primary N) is 1. The van der Waals surface area contributed by atoms with Crippen molar-refractivity contribution in [3.63, 3.8) is 0 Å². The number of nitrogens with one attached hydrogen (secondary N) is 2. The van der Waals surface area contributed by atoms with Crippen LogP contribution in [-0.2, 0) is 6.42 Å². The summed E-state index contributed by atoms with van der Waals surface area (Å²) in [5.41, 5.74) is 6.84. The van der Waals surface area contributed by atoms with E-state index in [-0.39, 0.29) is 5.82 Å². The zero-order valence-corrected chi connectivity index (χ0v) is 11.2. The number of H-pyrrole nitrogens is 1. The van der Waals surface area contributed by atoms with Crippen molar-refractivity contribution in [3.8, 4) is 0 Å². The number of aromatic nitrogens is 3. The second kappa shape index (κ2) is 5.81. The molecule has 2 rings (SSSR count). The molecule has 18 heavy (non-hydrogen) atoms. The average molecular weight is 314 g/mol. The topological polar surface area (TPSA) is 79.6 Å². The largest absolute Gasteiger partial charge is 0.397 e. The van der Waals surface area contributed by atoms with E-state index in [0.29, 0.717) is 10.2 Å². The van der Waals surface area contributed by atoms with Gasteiger partial charge in [0.05, 0.1) is 15.8 Å². The SMILES string of the molecule is Nc1cc(F)c(Br)cc1NCCCc1ncn[nH]1. The Morgan fingerprint density at radius 3 is 3.00 bits per heavy atom. The molecule has 2 aromatic rings. The lowest BCUT2D eigenvalue weighted by molar-refractivity contribution is 0.622. The van der Waals surface area contributed by atoms with Crippen LogP contribution in [0.15, 0.2) is 22.9 Å². The minimum absolute atomic E-state index is 0.361. The molecule has 1 aromatic heterocycles. The van der Waals surface area contributed by atoms with Crippen molar-refractivity contribution < 1.29 is 4.39 Å². The van der Waals surface area contributed by atoms with Gasteiger partial charge in [0.25, 0.3) is 0 Å². The molecular formula is C11H13BrFN5. The van der Waals surface area contributed by atoms with Gasteiger partial charge in [0, 0.05) is 19.0 Å². The number of benzene rings is 1. The van der Waals surface area contributed by atoms with Gasteiger partial charge in [-0.3, -0.25) is 5.10 Å². The molecule has 0 amide bonds. The number of hydrogen-bond donors (Lipinski definition) is 3. The maximum Gasteiger partial charge on any atom is 0.139 e. The van der Waals surface area contributed by atoms with E-state index in [1.165, 1.54) is 12.4 Å². The average Bonchev–Trinajstić information content (AvgIpc) is 2.84. The van der Waals surface area contributed by atoms with Crippen LogP contribution in [0.4, 0.5) is 15.8 Å². The lowest BCUT2D eigenvalue weighted by atomic mass is 10.2. The summed E-state index contributed by atoms with van der Waals surface area (Å²) in [6, 6.07) is 2.93. The molecule has 0 atom stereocenters. The van der Waals surface area contributed by atoms with Crippen molar-refractivity contribution in [2.45, 2.75) is 12.8 Å². The van der Waals surface area contributed by atoms with Gasteiger partial charge in [-0.2, -0.15) is 5.10 Å². The molecule has 0 saturated carbocycles. The molecule has 0 aliphatic carbocycles. The number of nitrogens with zero attached hydrogens (tertiary/aromatic N) is 2. The van der Waals surface area contributed by atoms with E-state index in [4.69, 9.17) is 5.73 Å². The maximum absolute atomic E-state index is 13.2. The molecule has 1 aromatic carbocycles. The Morgan fingerprint density at radius 2 is 2.28 bits per heavy atom. The van der Waals surface area contributed by atoms with Crippen LogP contribution in [0.1, 0.15) is 12.2 Å². The molecule has 0 aliphatic rings. The number of nitrogen functional groups attached to an aromatic ring is 1. The molecule has 1 heterocycles. The van der Waals surface area contributed by atoms with E-state index < -0.39 is 0 Å². The highest BCUT2D eigenvalue weighted by molar-refractivity contribution is 9.10. The Labute approximate surface area is 112 Å². The number of halogens is 2. The Morgan fingerprint density at radius 1 is 1.44 bits per heavy atom. The second-order valence-corrected chi connectivity index (χ2v) is 4.67. The fraction of sp³-hybridized carbons (Fsp3) is 0.273. The predicted octanol–water partition coefficient (Wildman–Crippen LogP) is 2.33. The molecule has 0 radical (unpaired) electrons. The van der Waals surface area contributed by atoms with E-state index >= 15 is 0 Å². The third-order valence-corrected chi connectivity index (χ3v) is 3.07. The Kier molecular flexibility index (Phi) is 4.14. The highest BCUT2D eigenvalue weighted by Crippen LogP contribution is 2.26. The summed E-state index contributed by atoms with van der Waals surface area (Å²) in [5.74, 6) is 0.491. The van der Waals surface area contributed by atoms with Crippen LogP contribution >= 0.6 is 15.9 Å². The van der Waals surface area contributed by atoms with Crippen LogP contribution in [0, 0.1) is 5.82 Å². The van der Waals surface area contributed by atoms with Gasteiger partial charge in [0.15, 0.2) is 0 Å². The first-order valence-corrected chi connectivity index (χ1v) is 6.29. The zero-order valence-electron chi connectivity index (χ0n) is 9.58. The van der Waals surface area contributed by atoms with Crippen molar-refractivity contribution in [1.29, 1.82) is 0 Å². The van der Waals surface area contributed by atoms with Crippen LogP contribution in [0.3, 0.4) is 0 Å². The smallest absolute Gasteiger partial charge is 0.139 e. The van der Waals surface area contributed by atoms with E-state index in [0.717, 1.165) is 30.9 Å². The van der Waals surface area contributed by atoms with Gasteiger partial charge in [-0.25, -0.2) is 9.37 Å². The highest BCUT2D eigenvalue weighted by Gasteiger charge is 2.05. The minimum atomic E-state index is -0.361. The second-order valence-electron chi connectivity index (χ2n) is 3.82. The summed E-state index contributed by atoms with van der Waals surface area (Å²) in [6.07, 6.45) is 3.16. The molecule has 5 nitrogen and oxygen atoms in total. The fourth-order valence-corrected chi connectivity index (χ4v) is 1.89. The Balaban J connectivity index is 1.85. The molecule has 0 unspecified atom stereocenters. The van der Waals surface area contributed by atoms with E-state index in [9.17, 15) is 4.39 Å². The molecular weight excluding hydrogens is 301 g/mol. The normalized spacial score (nSPS) is 10.6. The van der Waals surface area contributed by atoms with Crippen molar-refractivity contribution in [1.82, 2.24) is 15.2 Å². The van der Waals surface area contributed by atoms with Gasteiger partial charge in [-0.05, 0) is 28.4 Å². The third kappa shape index (κ3) is 3.19. The molecule has 4 N–H and O–H groups in total. The summed E-state index contributed by atoms with van der Waals surface area (Å²) in [7, 11) is 0. The molecule has 0 aliphatic heterocycles. The maximum atomic E-state index is 13.2. The fourth-order valence-electron chi connectivity index (χ4n) is 1.55. The first-order valence-electron chi connectivity index (χ1n) is 5.49. The van der Waals surface area contributed by atoms with Crippen LogP contribution in [0.2, 0.25) is 0 Å². The number of anilines is 2. The third-order valence-electron chi connectivity index (χ3n) is 2.46. The first kappa shape index (κ1) is 12.8. The number of aryl methyl sites for hydroxylation is 1. The summed E-state index contributed by atoms with van der Waals surface area (Å²) in [4.78, 5) is 4.03. The quantitative estimate of drug-likeness (QED) is 0.584. The Bertz CT molecular complexity index is 514. The number of hydrogen-bond acceptors (Lipinski definition) is 4. The van der Waals surface area contributed by atoms with Crippen LogP contribution in [0.5, 0.6) is 0 Å². The van der Waals surface area contributed by atoms with Gasteiger partial charge in [0.1, 0.15) is 18.0 Å². The summed E-state index contributed by atoms with van der Waals surface area (Å²) >= 11 is 3.13. The van der Waals surface area contributed by atoms with Gasteiger partial charge in [0.2, 0.25) is 0 Å². The van der Waals surface area contributed by atoms with E-state index in [1.54, 1.807) is 6.07 Å². The molecule has 0 spiro atoms. The molecule has 0 saturated heterocycles. The standard InChI is InChI=1S/C11H13BrFN5/c12-7-4-10(9(14)5-8(7)13)15-3-1-2-11-16-6-17-18-11/h4-6,15H,1-3,14H2,(H,16,17,18). The van der Waals surface area contributed by atoms with Gasteiger partial charge >= 0.3 is 0 Å². The lowest BCUT2D eigenvalue weighted by Crippen LogP contribution is -2.06. The van der Waals surface area contributed by atoms with Crippen LogP contribution in [-0.4, -0.2) is 21.7 Å². The predicted molar refractivity (Wildman–Crippen MR) is 71.7 cm³/mol. The monoisotopic (exact) mass is 313 g/mol. The lowest BCUT2D eigenvalue weighted by Gasteiger charge is -2.09.